The molecule has 104 valence electrons. The molecule has 0 heterocycles. The van der Waals surface area contributed by atoms with Crippen LogP contribution in [0.3, 0.4) is 0 Å². The fourth-order valence-electron chi connectivity index (χ4n) is 2.89. The summed E-state index contributed by atoms with van der Waals surface area (Å²) in [5.74, 6) is 1.08. The van der Waals surface area contributed by atoms with Crippen molar-refractivity contribution in [2.45, 2.75) is 38.8 Å². The summed E-state index contributed by atoms with van der Waals surface area (Å²) < 4.78 is 0. The van der Waals surface area contributed by atoms with E-state index in [0.717, 1.165) is 17.7 Å². The highest BCUT2D eigenvalue weighted by atomic mass is 16.3. The Morgan fingerprint density at radius 2 is 1.75 bits per heavy atom. The number of hydrogen-bond donors (Lipinski definition) is 2. The molecule has 0 spiro atoms. The lowest BCUT2D eigenvalue weighted by Crippen LogP contribution is -2.17. The van der Waals surface area contributed by atoms with Gasteiger partial charge in [-0.25, -0.2) is 0 Å². The number of phenolic OH excluding ortho intramolecular Hbond substituents is 1. The fraction of sp³-hybridized carbons (Fsp3) is 0.333. The molecule has 2 heteroatoms. The van der Waals surface area contributed by atoms with Gasteiger partial charge < -0.3 is 10.4 Å². The van der Waals surface area contributed by atoms with Crippen molar-refractivity contribution in [3.05, 3.63) is 64.7 Å². The first-order chi connectivity index (χ1) is 9.65. The Labute approximate surface area is 120 Å². The summed E-state index contributed by atoms with van der Waals surface area (Å²) in [7, 11) is 0. The number of benzene rings is 2. The van der Waals surface area contributed by atoms with E-state index in [1.165, 1.54) is 17.5 Å². The third-order valence-electron chi connectivity index (χ3n) is 4.14. The van der Waals surface area contributed by atoms with Crippen molar-refractivity contribution in [1.29, 1.82) is 0 Å². The molecular formula is C18H21NO. The predicted octanol–water partition coefficient (Wildman–Crippen LogP) is 3.65. The van der Waals surface area contributed by atoms with Crippen LogP contribution < -0.4 is 5.32 Å². The van der Waals surface area contributed by atoms with Crippen LogP contribution in [0.1, 0.15) is 34.6 Å². The minimum absolute atomic E-state index is 0.419. The Hall–Kier alpha value is -1.80. The number of aryl methyl sites for hydroxylation is 2. The van der Waals surface area contributed by atoms with E-state index in [4.69, 9.17) is 0 Å². The normalized spacial score (nSPS) is 20.9. The molecule has 1 saturated carbocycles. The van der Waals surface area contributed by atoms with Gasteiger partial charge in [0.2, 0.25) is 0 Å². The fourth-order valence-corrected chi connectivity index (χ4v) is 2.89. The monoisotopic (exact) mass is 267 g/mol. The molecule has 1 fully saturated rings. The minimum atomic E-state index is 0.419. The first-order valence-electron chi connectivity index (χ1n) is 7.22. The second-order valence-electron chi connectivity index (χ2n) is 5.82. The van der Waals surface area contributed by atoms with Crippen LogP contribution in [0.25, 0.3) is 0 Å². The first-order valence-corrected chi connectivity index (χ1v) is 7.22. The van der Waals surface area contributed by atoms with E-state index in [9.17, 15) is 5.11 Å². The van der Waals surface area contributed by atoms with Crippen molar-refractivity contribution in [3.8, 4) is 5.75 Å². The van der Waals surface area contributed by atoms with Gasteiger partial charge in [0.05, 0.1) is 0 Å². The zero-order valence-corrected chi connectivity index (χ0v) is 12.1. The molecule has 1 aliphatic carbocycles. The maximum Gasteiger partial charge on any atom is 0.121 e. The van der Waals surface area contributed by atoms with Crippen molar-refractivity contribution in [1.82, 2.24) is 5.32 Å². The van der Waals surface area contributed by atoms with E-state index in [1.54, 1.807) is 0 Å². The molecule has 20 heavy (non-hydrogen) atoms. The smallest absolute Gasteiger partial charge is 0.121 e. The van der Waals surface area contributed by atoms with Gasteiger partial charge in [0, 0.05) is 18.5 Å². The summed E-state index contributed by atoms with van der Waals surface area (Å²) in [4.78, 5) is 0. The lowest BCUT2D eigenvalue weighted by Gasteiger charge is -2.09. The molecule has 1 aliphatic rings. The lowest BCUT2D eigenvalue weighted by atomic mass is 10.1. The summed E-state index contributed by atoms with van der Waals surface area (Å²) in [6, 6.07) is 15.4. The van der Waals surface area contributed by atoms with Gasteiger partial charge in [0.15, 0.2) is 0 Å². The molecule has 2 N–H and O–H groups in total. The number of aromatic hydroxyl groups is 1. The van der Waals surface area contributed by atoms with Gasteiger partial charge >= 0.3 is 0 Å². The number of nitrogens with one attached hydrogen (secondary N) is 1. The van der Waals surface area contributed by atoms with Crippen LogP contribution in [0.15, 0.2) is 42.5 Å². The van der Waals surface area contributed by atoms with E-state index in [2.05, 4.69) is 47.8 Å². The SMILES string of the molecule is Cc1cc(CNC2CC2c2ccccc2)cc(C)c1O. The average Bonchev–Trinajstić information content (AvgIpc) is 3.23. The summed E-state index contributed by atoms with van der Waals surface area (Å²) in [5.41, 5.74) is 4.59. The Morgan fingerprint density at radius 3 is 2.40 bits per heavy atom. The summed E-state index contributed by atoms with van der Waals surface area (Å²) in [6.45, 7) is 4.78. The Bertz CT molecular complexity index is 583. The van der Waals surface area contributed by atoms with Crippen LogP contribution in [0.5, 0.6) is 5.75 Å². The molecule has 2 nitrogen and oxygen atoms in total. The number of phenols is 1. The third kappa shape index (κ3) is 2.70. The predicted molar refractivity (Wildman–Crippen MR) is 82.0 cm³/mol. The summed E-state index contributed by atoms with van der Waals surface area (Å²) in [6.07, 6.45) is 1.22. The highest BCUT2D eigenvalue weighted by Crippen LogP contribution is 2.40. The Morgan fingerprint density at radius 1 is 1.10 bits per heavy atom. The van der Waals surface area contributed by atoms with Crippen molar-refractivity contribution >= 4 is 0 Å². The molecule has 0 amide bonds. The Kier molecular flexibility index (Phi) is 3.49. The van der Waals surface area contributed by atoms with Gasteiger partial charge in [-0.1, -0.05) is 42.5 Å². The second-order valence-corrected chi connectivity index (χ2v) is 5.82. The molecule has 0 bridgehead atoms. The van der Waals surface area contributed by atoms with E-state index in [0.29, 0.717) is 17.7 Å². The molecule has 0 aliphatic heterocycles. The van der Waals surface area contributed by atoms with Gasteiger partial charge in [0.1, 0.15) is 5.75 Å². The molecule has 0 radical (unpaired) electrons. The van der Waals surface area contributed by atoms with Crippen molar-refractivity contribution < 1.29 is 5.11 Å². The van der Waals surface area contributed by atoms with Gasteiger partial charge in [-0.2, -0.15) is 0 Å². The van der Waals surface area contributed by atoms with Crippen LogP contribution in [0, 0.1) is 13.8 Å². The van der Waals surface area contributed by atoms with Gasteiger partial charge in [0.25, 0.3) is 0 Å². The highest BCUT2D eigenvalue weighted by Gasteiger charge is 2.37. The van der Waals surface area contributed by atoms with Gasteiger partial charge in [-0.05, 0) is 42.5 Å². The van der Waals surface area contributed by atoms with E-state index < -0.39 is 0 Å². The molecule has 2 unspecified atom stereocenters. The van der Waals surface area contributed by atoms with Crippen molar-refractivity contribution in [2.75, 3.05) is 0 Å². The van der Waals surface area contributed by atoms with Crippen LogP contribution in [-0.4, -0.2) is 11.1 Å². The topological polar surface area (TPSA) is 32.3 Å². The molecular weight excluding hydrogens is 246 g/mol. The number of rotatable bonds is 4. The standard InChI is InChI=1S/C18H21NO/c1-12-8-14(9-13(2)18(12)20)11-19-17-10-16(17)15-6-4-3-5-7-15/h3-9,16-17,19-20H,10-11H2,1-2H3. The summed E-state index contributed by atoms with van der Waals surface area (Å²) >= 11 is 0. The highest BCUT2D eigenvalue weighted by molar-refractivity contribution is 5.42. The van der Waals surface area contributed by atoms with E-state index in [-0.39, 0.29) is 0 Å². The molecule has 2 aromatic rings. The molecule has 0 aromatic heterocycles. The van der Waals surface area contributed by atoms with Crippen molar-refractivity contribution in [2.24, 2.45) is 0 Å². The van der Waals surface area contributed by atoms with Crippen LogP contribution in [0.2, 0.25) is 0 Å². The zero-order chi connectivity index (χ0) is 14.1. The van der Waals surface area contributed by atoms with Gasteiger partial charge in [-0.3, -0.25) is 0 Å². The van der Waals surface area contributed by atoms with Crippen LogP contribution >= 0.6 is 0 Å². The average molecular weight is 267 g/mol. The maximum absolute atomic E-state index is 9.79. The van der Waals surface area contributed by atoms with Gasteiger partial charge in [-0.15, -0.1) is 0 Å². The van der Waals surface area contributed by atoms with Crippen LogP contribution in [-0.2, 0) is 6.54 Å². The third-order valence-corrected chi connectivity index (χ3v) is 4.14. The first kappa shape index (κ1) is 13.2. The Balaban J connectivity index is 1.59. The maximum atomic E-state index is 9.79. The van der Waals surface area contributed by atoms with E-state index >= 15 is 0 Å². The van der Waals surface area contributed by atoms with E-state index in [1.807, 2.05) is 13.8 Å². The molecule has 2 atom stereocenters. The molecule has 0 saturated heterocycles. The molecule has 3 rings (SSSR count). The quantitative estimate of drug-likeness (QED) is 0.886. The van der Waals surface area contributed by atoms with Crippen molar-refractivity contribution in [3.63, 3.8) is 0 Å². The second kappa shape index (κ2) is 5.29. The lowest BCUT2D eigenvalue weighted by molar-refractivity contribution is 0.466. The van der Waals surface area contributed by atoms with Crippen LogP contribution in [0.4, 0.5) is 0 Å². The largest absolute Gasteiger partial charge is 0.507 e. The zero-order valence-electron chi connectivity index (χ0n) is 12.1. The number of hydrogen-bond acceptors (Lipinski definition) is 2. The molecule has 2 aromatic carbocycles. The minimum Gasteiger partial charge on any atom is -0.507 e. The summed E-state index contributed by atoms with van der Waals surface area (Å²) in [5, 5.41) is 13.4.